The van der Waals surface area contributed by atoms with Crippen molar-refractivity contribution in [1.29, 1.82) is 0 Å². The van der Waals surface area contributed by atoms with Gasteiger partial charge in [0.25, 0.3) is 0 Å². The van der Waals surface area contributed by atoms with Crippen molar-refractivity contribution < 1.29 is 14.1 Å². The number of rotatable bonds is 5. The van der Waals surface area contributed by atoms with Crippen LogP contribution in [0, 0.1) is 15.9 Å². The van der Waals surface area contributed by atoms with Gasteiger partial charge in [0.2, 0.25) is 5.75 Å². The molecule has 2 rings (SSSR count). The summed E-state index contributed by atoms with van der Waals surface area (Å²) in [6.45, 7) is 1.94. The average Bonchev–Trinajstić information content (AvgIpc) is 2.48. The minimum absolute atomic E-state index is 0.163. The van der Waals surface area contributed by atoms with Crippen molar-refractivity contribution >= 4 is 5.69 Å². The van der Waals surface area contributed by atoms with E-state index in [1.54, 1.807) is 18.2 Å². The van der Waals surface area contributed by atoms with Gasteiger partial charge in [0.15, 0.2) is 5.82 Å². The highest BCUT2D eigenvalue weighted by Gasteiger charge is 2.20. The molecular formula is C15H15FN2O3. The fraction of sp³-hybridized carbons (Fsp3) is 0.200. The minimum atomic E-state index is -0.783. The van der Waals surface area contributed by atoms with Crippen molar-refractivity contribution in [2.45, 2.75) is 19.4 Å². The van der Waals surface area contributed by atoms with E-state index in [4.69, 9.17) is 10.5 Å². The maximum atomic E-state index is 13.8. The predicted octanol–water partition coefficient (Wildman–Crippen LogP) is 3.94. The van der Waals surface area contributed by atoms with Crippen LogP contribution in [-0.4, -0.2) is 4.92 Å². The number of ether oxygens (including phenoxy) is 1. The summed E-state index contributed by atoms with van der Waals surface area (Å²) in [5.41, 5.74) is 6.34. The van der Waals surface area contributed by atoms with E-state index < -0.39 is 22.2 Å². The third-order valence-corrected chi connectivity index (χ3v) is 3.09. The molecule has 0 aliphatic carbocycles. The SMILES string of the molecule is CCC(N)c1cccc(Oc2c(F)cccc2[N+](=O)[O-])c1. The predicted molar refractivity (Wildman–Crippen MR) is 76.8 cm³/mol. The molecule has 5 nitrogen and oxygen atoms in total. The summed E-state index contributed by atoms with van der Waals surface area (Å²) in [5.74, 6) is -0.872. The fourth-order valence-electron chi connectivity index (χ4n) is 1.90. The van der Waals surface area contributed by atoms with Crippen LogP contribution in [0.5, 0.6) is 11.5 Å². The minimum Gasteiger partial charge on any atom is -0.447 e. The molecule has 0 aromatic heterocycles. The number of nitrogens with zero attached hydrogens (tertiary/aromatic N) is 1. The Labute approximate surface area is 121 Å². The van der Waals surface area contributed by atoms with Gasteiger partial charge in [-0.15, -0.1) is 0 Å². The Morgan fingerprint density at radius 3 is 2.71 bits per heavy atom. The van der Waals surface area contributed by atoms with Crippen LogP contribution in [0.2, 0.25) is 0 Å². The topological polar surface area (TPSA) is 78.4 Å². The smallest absolute Gasteiger partial charge is 0.314 e. The number of halogens is 1. The van der Waals surface area contributed by atoms with Gasteiger partial charge in [0, 0.05) is 12.1 Å². The molecule has 0 radical (unpaired) electrons. The van der Waals surface area contributed by atoms with Gasteiger partial charge in [-0.05, 0) is 30.2 Å². The molecule has 6 heteroatoms. The zero-order valence-electron chi connectivity index (χ0n) is 11.5. The summed E-state index contributed by atoms with van der Waals surface area (Å²) in [7, 11) is 0. The van der Waals surface area contributed by atoms with Crippen molar-refractivity contribution in [2.24, 2.45) is 5.73 Å². The molecule has 1 unspecified atom stereocenters. The maximum absolute atomic E-state index is 13.8. The normalized spacial score (nSPS) is 12.0. The number of nitrogens with two attached hydrogens (primary N) is 1. The number of nitro benzene ring substituents is 1. The lowest BCUT2D eigenvalue weighted by Gasteiger charge is -2.12. The molecule has 0 saturated carbocycles. The summed E-state index contributed by atoms with van der Waals surface area (Å²) in [4.78, 5) is 10.2. The van der Waals surface area contributed by atoms with E-state index in [2.05, 4.69) is 0 Å². The number of nitro groups is 1. The van der Waals surface area contributed by atoms with Crippen LogP contribution in [0.15, 0.2) is 42.5 Å². The van der Waals surface area contributed by atoms with Gasteiger partial charge in [-0.25, -0.2) is 4.39 Å². The Hall–Kier alpha value is -2.47. The third-order valence-electron chi connectivity index (χ3n) is 3.09. The van der Waals surface area contributed by atoms with Gasteiger partial charge < -0.3 is 10.5 Å². The molecule has 110 valence electrons. The molecule has 0 aliphatic heterocycles. The molecule has 0 aliphatic rings. The van der Waals surface area contributed by atoms with E-state index in [1.807, 2.05) is 13.0 Å². The van der Waals surface area contributed by atoms with E-state index >= 15 is 0 Å². The molecular weight excluding hydrogens is 275 g/mol. The van der Waals surface area contributed by atoms with Gasteiger partial charge in [0.1, 0.15) is 5.75 Å². The van der Waals surface area contributed by atoms with Gasteiger partial charge in [-0.1, -0.05) is 25.1 Å². The van der Waals surface area contributed by atoms with Crippen LogP contribution in [0.25, 0.3) is 0 Å². The van der Waals surface area contributed by atoms with E-state index in [-0.39, 0.29) is 6.04 Å². The Morgan fingerprint density at radius 2 is 2.05 bits per heavy atom. The standard InChI is InChI=1S/C15H15FN2O3/c1-2-13(17)10-5-3-6-11(9-10)21-15-12(16)7-4-8-14(15)18(19)20/h3-9,13H,2,17H2,1H3. The van der Waals surface area contributed by atoms with Crippen molar-refractivity contribution in [3.8, 4) is 11.5 Å². The maximum Gasteiger partial charge on any atom is 0.314 e. The number of hydrogen-bond acceptors (Lipinski definition) is 4. The number of benzene rings is 2. The fourth-order valence-corrected chi connectivity index (χ4v) is 1.90. The first kappa shape index (κ1) is 14.9. The van der Waals surface area contributed by atoms with Crippen LogP contribution in [0.1, 0.15) is 24.9 Å². The van der Waals surface area contributed by atoms with Crippen molar-refractivity contribution in [3.05, 3.63) is 64.0 Å². The van der Waals surface area contributed by atoms with Crippen molar-refractivity contribution in [3.63, 3.8) is 0 Å². The number of para-hydroxylation sites is 1. The monoisotopic (exact) mass is 290 g/mol. The molecule has 0 bridgehead atoms. The largest absolute Gasteiger partial charge is 0.447 e. The molecule has 2 N–H and O–H groups in total. The zero-order chi connectivity index (χ0) is 15.4. The number of hydrogen-bond donors (Lipinski definition) is 1. The molecule has 1 atom stereocenters. The molecule has 0 spiro atoms. The summed E-state index contributed by atoms with van der Waals surface area (Å²) >= 11 is 0. The van der Waals surface area contributed by atoms with Crippen LogP contribution in [0.4, 0.5) is 10.1 Å². The average molecular weight is 290 g/mol. The molecule has 2 aromatic carbocycles. The quantitative estimate of drug-likeness (QED) is 0.668. The molecule has 21 heavy (non-hydrogen) atoms. The first-order valence-electron chi connectivity index (χ1n) is 6.49. The van der Waals surface area contributed by atoms with Crippen LogP contribution in [0.3, 0.4) is 0 Å². The Bertz CT molecular complexity index is 661. The summed E-state index contributed by atoms with van der Waals surface area (Å²) in [6, 6.07) is 10.2. The summed E-state index contributed by atoms with van der Waals surface area (Å²) < 4.78 is 19.1. The van der Waals surface area contributed by atoms with Crippen molar-refractivity contribution in [1.82, 2.24) is 0 Å². The second-order valence-corrected chi connectivity index (χ2v) is 4.53. The Morgan fingerprint density at radius 1 is 1.33 bits per heavy atom. The van der Waals surface area contributed by atoms with Crippen LogP contribution < -0.4 is 10.5 Å². The molecule has 0 fully saturated rings. The lowest BCUT2D eigenvalue weighted by atomic mass is 10.1. The first-order chi connectivity index (χ1) is 10.0. The Balaban J connectivity index is 2.37. The molecule has 0 saturated heterocycles. The van der Waals surface area contributed by atoms with Gasteiger partial charge in [-0.2, -0.15) is 0 Å². The van der Waals surface area contributed by atoms with E-state index in [0.29, 0.717) is 5.75 Å². The highest BCUT2D eigenvalue weighted by atomic mass is 19.1. The summed E-state index contributed by atoms with van der Waals surface area (Å²) in [6.07, 6.45) is 0.739. The van der Waals surface area contributed by atoms with Gasteiger partial charge in [0.05, 0.1) is 4.92 Å². The highest BCUT2D eigenvalue weighted by Crippen LogP contribution is 2.34. The van der Waals surface area contributed by atoms with E-state index in [9.17, 15) is 14.5 Å². The lowest BCUT2D eigenvalue weighted by Crippen LogP contribution is -2.08. The van der Waals surface area contributed by atoms with Crippen molar-refractivity contribution in [2.75, 3.05) is 0 Å². The van der Waals surface area contributed by atoms with Gasteiger partial charge in [-0.3, -0.25) is 10.1 Å². The van der Waals surface area contributed by atoms with E-state index in [0.717, 1.165) is 18.1 Å². The van der Waals surface area contributed by atoms with Crippen LogP contribution in [-0.2, 0) is 0 Å². The molecule has 0 heterocycles. The van der Waals surface area contributed by atoms with E-state index in [1.165, 1.54) is 12.1 Å². The van der Waals surface area contributed by atoms with Crippen LogP contribution >= 0.6 is 0 Å². The first-order valence-corrected chi connectivity index (χ1v) is 6.49. The second kappa shape index (κ2) is 6.32. The molecule has 2 aromatic rings. The zero-order valence-corrected chi connectivity index (χ0v) is 11.5. The third kappa shape index (κ3) is 3.35. The van der Waals surface area contributed by atoms with Gasteiger partial charge >= 0.3 is 5.69 Å². The Kier molecular flexibility index (Phi) is 4.49. The highest BCUT2D eigenvalue weighted by molar-refractivity contribution is 5.49. The second-order valence-electron chi connectivity index (χ2n) is 4.53. The summed E-state index contributed by atoms with van der Waals surface area (Å²) in [5, 5.41) is 10.9. The lowest BCUT2D eigenvalue weighted by molar-refractivity contribution is -0.385. The molecule has 0 amide bonds.